The summed E-state index contributed by atoms with van der Waals surface area (Å²) < 4.78 is 21.1. The highest BCUT2D eigenvalue weighted by molar-refractivity contribution is 5.95. The third-order valence-corrected chi connectivity index (χ3v) is 4.41. The summed E-state index contributed by atoms with van der Waals surface area (Å²) in [5, 5.41) is 2.76. The van der Waals surface area contributed by atoms with Gasteiger partial charge in [-0.25, -0.2) is 9.78 Å². The van der Waals surface area contributed by atoms with Crippen molar-refractivity contribution in [3.05, 3.63) is 59.5 Å². The van der Waals surface area contributed by atoms with Crippen molar-refractivity contribution in [3.8, 4) is 23.0 Å². The summed E-state index contributed by atoms with van der Waals surface area (Å²) in [6.07, 6.45) is 0.0301. The number of hydrogen-bond acceptors (Lipinski definition) is 7. The Labute approximate surface area is 166 Å². The lowest BCUT2D eigenvalue weighted by atomic mass is 10.2. The standard InChI is InChI=1S/C21H18N2O6/c1-12-16(10-19(24)22-15-5-3-4-14(8-15)21(25)26-2)23-20(29-12)13-6-7-17-18(9-13)28-11-27-17/h3-9H,10-11H2,1-2H3,(H,22,24). The third kappa shape index (κ3) is 3.91. The molecule has 0 saturated carbocycles. The van der Waals surface area contributed by atoms with E-state index in [1.54, 1.807) is 43.3 Å². The van der Waals surface area contributed by atoms with Crippen molar-refractivity contribution in [2.45, 2.75) is 13.3 Å². The molecule has 0 fully saturated rings. The van der Waals surface area contributed by atoms with E-state index in [4.69, 9.17) is 13.9 Å². The first-order chi connectivity index (χ1) is 14.0. The van der Waals surface area contributed by atoms with Gasteiger partial charge in [-0.2, -0.15) is 0 Å². The van der Waals surface area contributed by atoms with Gasteiger partial charge in [0.1, 0.15) is 5.76 Å². The summed E-state index contributed by atoms with van der Waals surface area (Å²) in [4.78, 5) is 28.5. The molecule has 2 aromatic carbocycles. The zero-order valence-electron chi connectivity index (χ0n) is 15.9. The van der Waals surface area contributed by atoms with Crippen LogP contribution in [0.1, 0.15) is 21.8 Å². The molecule has 0 unspecified atom stereocenters. The summed E-state index contributed by atoms with van der Waals surface area (Å²) >= 11 is 0. The van der Waals surface area contributed by atoms with E-state index in [2.05, 4.69) is 15.0 Å². The Morgan fingerprint density at radius 1 is 1.14 bits per heavy atom. The van der Waals surface area contributed by atoms with E-state index >= 15 is 0 Å². The fourth-order valence-corrected chi connectivity index (χ4v) is 2.94. The van der Waals surface area contributed by atoms with Crippen molar-refractivity contribution in [1.29, 1.82) is 0 Å². The number of fused-ring (bicyclic) bond motifs is 1. The van der Waals surface area contributed by atoms with Gasteiger partial charge in [-0.05, 0) is 43.3 Å². The zero-order valence-corrected chi connectivity index (χ0v) is 15.9. The molecule has 8 nitrogen and oxygen atoms in total. The fraction of sp³-hybridized carbons (Fsp3) is 0.190. The Hall–Kier alpha value is -3.81. The maximum atomic E-state index is 12.4. The number of aryl methyl sites for hydroxylation is 1. The first-order valence-electron chi connectivity index (χ1n) is 8.88. The molecule has 0 saturated heterocycles. The van der Waals surface area contributed by atoms with Gasteiger partial charge in [-0.3, -0.25) is 4.79 Å². The number of oxazole rings is 1. The second kappa shape index (κ2) is 7.67. The molecule has 148 valence electrons. The van der Waals surface area contributed by atoms with Gasteiger partial charge in [-0.15, -0.1) is 0 Å². The quantitative estimate of drug-likeness (QED) is 0.663. The predicted octanol–water partition coefficient (Wildman–Crippen LogP) is 3.35. The van der Waals surface area contributed by atoms with Crippen molar-refractivity contribution in [3.63, 3.8) is 0 Å². The monoisotopic (exact) mass is 394 g/mol. The van der Waals surface area contributed by atoms with E-state index in [1.807, 2.05) is 6.07 Å². The second-order valence-corrected chi connectivity index (χ2v) is 6.39. The lowest BCUT2D eigenvalue weighted by Gasteiger charge is -2.06. The minimum atomic E-state index is -0.471. The van der Waals surface area contributed by atoms with Crippen molar-refractivity contribution in [2.24, 2.45) is 0 Å². The number of rotatable bonds is 5. The molecular formula is C21H18N2O6. The highest BCUT2D eigenvalue weighted by Gasteiger charge is 2.19. The molecule has 4 rings (SSSR count). The van der Waals surface area contributed by atoms with Crippen LogP contribution in [0.5, 0.6) is 11.5 Å². The van der Waals surface area contributed by atoms with Gasteiger partial charge in [0, 0.05) is 11.3 Å². The van der Waals surface area contributed by atoms with Gasteiger partial charge in [0.2, 0.25) is 18.6 Å². The molecule has 0 spiro atoms. The number of amides is 1. The number of carbonyl (C=O) groups is 2. The van der Waals surface area contributed by atoms with Gasteiger partial charge < -0.3 is 23.9 Å². The fourth-order valence-electron chi connectivity index (χ4n) is 2.94. The number of nitrogens with zero attached hydrogens (tertiary/aromatic N) is 1. The van der Waals surface area contributed by atoms with Crippen LogP contribution in [0.2, 0.25) is 0 Å². The minimum absolute atomic E-state index is 0.0301. The molecular weight excluding hydrogens is 376 g/mol. The normalized spacial score (nSPS) is 11.9. The number of ether oxygens (including phenoxy) is 3. The lowest BCUT2D eigenvalue weighted by Crippen LogP contribution is -2.15. The highest BCUT2D eigenvalue weighted by Crippen LogP contribution is 2.36. The van der Waals surface area contributed by atoms with Crippen LogP contribution in [0.3, 0.4) is 0 Å². The van der Waals surface area contributed by atoms with Crippen LogP contribution in [0.25, 0.3) is 11.5 Å². The number of anilines is 1. The van der Waals surface area contributed by atoms with E-state index in [-0.39, 0.29) is 19.1 Å². The number of hydrogen-bond donors (Lipinski definition) is 1. The number of nitrogens with one attached hydrogen (secondary N) is 1. The Morgan fingerprint density at radius 2 is 1.97 bits per heavy atom. The van der Waals surface area contributed by atoms with E-state index in [9.17, 15) is 9.59 Å². The molecule has 1 aromatic heterocycles. The molecule has 1 amide bonds. The van der Waals surface area contributed by atoms with Crippen LogP contribution in [0.4, 0.5) is 5.69 Å². The average molecular weight is 394 g/mol. The van der Waals surface area contributed by atoms with Crippen molar-refractivity contribution < 1.29 is 28.2 Å². The predicted molar refractivity (Wildman–Crippen MR) is 103 cm³/mol. The molecule has 0 atom stereocenters. The van der Waals surface area contributed by atoms with Crippen LogP contribution in [0, 0.1) is 6.92 Å². The first kappa shape index (κ1) is 18.5. The Kier molecular flexibility index (Phi) is 4.90. The number of esters is 1. The molecule has 0 aliphatic carbocycles. The molecule has 3 aromatic rings. The molecule has 0 radical (unpaired) electrons. The van der Waals surface area contributed by atoms with E-state index in [0.29, 0.717) is 40.1 Å². The molecule has 29 heavy (non-hydrogen) atoms. The largest absolute Gasteiger partial charge is 0.465 e. The molecule has 1 aliphatic heterocycles. The summed E-state index contributed by atoms with van der Waals surface area (Å²) in [5.41, 5.74) is 2.11. The van der Waals surface area contributed by atoms with Crippen LogP contribution >= 0.6 is 0 Å². The maximum Gasteiger partial charge on any atom is 0.337 e. The number of carbonyl (C=O) groups excluding carboxylic acids is 2. The Morgan fingerprint density at radius 3 is 2.79 bits per heavy atom. The third-order valence-electron chi connectivity index (χ3n) is 4.41. The van der Waals surface area contributed by atoms with Crippen LogP contribution in [-0.2, 0) is 16.0 Å². The van der Waals surface area contributed by atoms with E-state index in [0.717, 1.165) is 5.56 Å². The molecule has 8 heteroatoms. The molecule has 0 bridgehead atoms. The van der Waals surface area contributed by atoms with Crippen LogP contribution in [-0.4, -0.2) is 30.8 Å². The highest BCUT2D eigenvalue weighted by atomic mass is 16.7. The first-order valence-corrected chi connectivity index (χ1v) is 8.88. The lowest BCUT2D eigenvalue weighted by molar-refractivity contribution is -0.115. The van der Waals surface area contributed by atoms with Gasteiger partial charge in [0.05, 0.1) is 24.8 Å². The van der Waals surface area contributed by atoms with Crippen LogP contribution in [0.15, 0.2) is 46.9 Å². The molecule has 2 heterocycles. The number of aromatic nitrogens is 1. The van der Waals surface area contributed by atoms with Gasteiger partial charge in [-0.1, -0.05) is 6.07 Å². The molecule has 1 N–H and O–H groups in total. The topological polar surface area (TPSA) is 99.9 Å². The van der Waals surface area contributed by atoms with E-state index in [1.165, 1.54) is 7.11 Å². The van der Waals surface area contributed by atoms with Crippen molar-refractivity contribution in [2.75, 3.05) is 19.2 Å². The van der Waals surface area contributed by atoms with Gasteiger partial charge >= 0.3 is 5.97 Å². The second-order valence-electron chi connectivity index (χ2n) is 6.39. The van der Waals surface area contributed by atoms with Crippen molar-refractivity contribution >= 4 is 17.6 Å². The van der Waals surface area contributed by atoms with Crippen molar-refractivity contribution in [1.82, 2.24) is 4.98 Å². The zero-order chi connectivity index (χ0) is 20.4. The molecule has 1 aliphatic rings. The Balaban J connectivity index is 1.47. The van der Waals surface area contributed by atoms with Gasteiger partial charge in [0.25, 0.3) is 0 Å². The number of benzene rings is 2. The average Bonchev–Trinajstić information content (AvgIpc) is 3.33. The summed E-state index contributed by atoms with van der Waals surface area (Å²) in [5.74, 6) is 1.50. The minimum Gasteiger partial charge on any atom is -0.465 e. The maximum absolute atomic E-state index is 12.4. The summed E-state index contributed by atoms with van der Waals surface area (Å²) in [6.45, 7) is 1.94. The summed E-state index contributed by atoms with van der Waals surface area (Å²) in [7, 11) is 1.30. The van der Waals surface area contributed by atoms with Crippen LogP contribution < -0.4 is 14.8 Å². The SMILES string of the molecule is COC(=O)c1cccc(NC(=O)Cc2nc(-c3ccc4c(c3)OCO4)oc2C)c1. The number of methoxy groups -OCH3 is 1. The Bertz CT molecular complexity index is 1090. The van der Waals surface area contributed by atoms with E-state index < -0.39 is 5.97 Å². The smallest absolute Gasteiger partial charge is 0.337 e. The summed E-state index contributed by atoms with van der Waals surface area (Å²) in [6, 6.07) is 11.9. The van der Waals surface area contributed by atoms with Gasteiger partial charge in [0.15, 0.2) is 11.5 Å².